The summed E-state index contributed by atoms with van der Waals surface area (Å²) in [5, 5.41) is 13.8. The van der Waals surface area contributed by atoms with Gasteiger partial charge in [0.15, 0.2) is 0 Å². The van der Waals surface area contributed by atoms with E-state index < -0.39 is 20.0 Å². The summed E-state index contributed by atoms with van der Waals surface area (Å²) in [6.07, 6.45) is 52.9. The number of nitrogens with one attached hydrogen (secondary N) is 1. The zero-order valence-electron chi connectivity index (χ0n) is 40.5. The summed E-state index contributed by atoms with van der Waals surface area (Å²) in [6.45, 7) is 4.80. The molecule has 0 saturated carbocycles. The van der Waals surface area contributed by atoms with E-state index in [2.05, 4.69) is 31.3 Å². The smallest absolute Gasteiger partial charge is 0.387 e. The van der Waals surface area contributed by atoms with E-state index in [4.69, 9.17) is 9.05 Å². The fourth-order valence-electron chi connectivity index (χ4n) is 7.59. The van der Waals surface area contributed by atoms with Gasteiger partial charge in [-0.1, -0.05) is 231 Å². The molecule has 9 heteroatoms. The number of carbonyl (C=O) groups is 1. The van der Waals surface area contributed by atoms with Crippen molar-refractivity contribution in [1.29, 1.82) is 0 Å². The van der Waals surface area contributed by atoms with E-state index in [9.17, 15) is 19.4 Å². The lowest BCUT2D eigenvalue weighted by Gasteiger charge is -2.25. The third-order valence-corrected chi connectivity index (χ3v) is 12.7. The Balaban J connectivity index is 4.15. The van der Waals surface area contributed by atoms with Crippen LogP contribution in [-0.4, -0.2) is 73.4 Å². The second-order valence-electron chi connectivity index (χ2n) is 18.9. The molecule has 0 saturated heterocycles. The van der Waals surface area contributed by atoms with Crippen LogP contribution in [0, 0.1) is 0 Å². The van der Waals surface area contributed by atoms with Crippen molar-refractivity contribution in [3.63, 3.8) is 0 Å². The number of phosphoric ester groups is 1. The first-order valence-electron chi connectivity index (χ1n) is 25.7. The molecule has 0 aliphatic carbocycles. The number of aliphatic hydroxyl groups excluding tert-OH is 1. The Morgan fingerprint density at radius 1 is 0.550 bits per heavy atom. The van der Waals surface area contributed by atoms with Crippen LogP contribution in [0.5, 0.6) is 0 Å². The zero-order valence-corrected chi connectivity index (χ0v) is 41.4. The van der Waals surface area contributed by atoms with E-state index in [1.165, 1.54) is 186 Å². The maximum atomic E-state index is 12.8. The predicted octanol–water partition coefficient (Wildman–Crippen LogP) is 14.9. The number of nitrogens with zero attached hydrogens (tertiary/aromatic N) is 1. The Morgan fingerprint density at radius 3 is 1.33 bits per heavy atom. The Hall–Kier alpha value is -1.02. The second-order valence-corrected chi connectivity index (χ2v) is 20.4. The molecule has 8 nitrogen and oxygen atoms in total. The van der Waals surface area contributed by atoms with Crippen molar-refractivity contribution in [2.45, 2.75) is 257 Å². The van der Waals surface area contributed by atoms with Crippen LogP contribution in [-0.2, 0) is 18.4 Å². The fraction of sp³-hybridized carbons (Fsp3) is 0.902. The summed E-state index contributed by atoms with van der Waals surface area (Å²) in [4.78, 5) is 23.1. The first-order valence-corrected chi connectivity index (χ1v) is 27.2. The first kappa shape index (κ1) is 59.0. The number of phosphoric acid groups is 1. The lowest BCUT2D eigenvalue weighted by atomic mass is 10.0. The molecule has 1 amide bonds. The maximum Gasteiger partial charge on any atom is 0.472 e. The minimum atomic E-state index is -4.34. The number of hydrogen-bond donors (Lipinski definition) is 3. The highest BCUT2D eigenvalue weighted by Crippen LogP contribution is 2.43. The van der Waals surface area contributed by atoms with Gasteiger partial charge in [0.1, 0.15) is 13.2 Å². The molecule has 0 aromatic carbocycles. The normalized spacial score (nSPS) is 14.3. The highest BCUT2D eigenvalue weighted by Gasteiger charge is 2.27. The highest BCUT2D eigenvalue weighted by atomic mass is 31.2. The predicted molar refractivity (Wildman–Crippen MR) is 258 cm³/mol. The molecular formula is C51H102N2O6P+. The van der Waals surface area contributed by atoms with Crippen molar-refractivity contribution < 1.29 is 32.9 Å². The summed E-state index contributed by atoms with van der Waals surface area (Å²) >= 11 is 0. The molecule has 0 rings (SSSR count). The summed E-state index contributed by atoms with van der Waals surface area (Å²) in [6, 6.07) is -0.858. The minimum absolute atomic E-state index is 0.0582. The zero-order chi connectivity index (χ0) is 44.3. The molecule has 0 aliphatic heterocycles. The van der Waals surface area contributed by atoms with Crippen LogP contribution in [0.1, 0.15) is 245 Å². The van der Waals surface area contributed by atoms with Gasteiger partial charge in [0.05, 0.1) is 39.9 Å². The first-order chi connectivity index (χ1) is 29.0. The molecule has 0 aliphatic rings. The van der Waals surface area contributed by atoms with E-state index in [0.29, 0.717) is 17.4 Å². The quantitative estimate of drug-likeness (QED) is 0.0243. The van der Waals surface area contributed by atoms with Crippen molar-refractivity contribution in [3.8, 4) is 0 Å². The number of quaternary nitrogens is 1. The largest absolute Gasteiger partial charge is 0.472 e. The number of likely N-dealkylation sites (N-methyl/N-ethyl adjacent to an activating group) is 1. The van der Waals surface area contributed by atoms with Crippen molar-refractivity contribution in [2.75, 3.05) is 40.9 Å². The van der Waals surface area contributed by atoms with E-state index in [1.807, 2.05) is 27.2 Å². The monoisotopic (exact) mass is 870 g/mol. The summed E-state index contributed by atoms with van der Waals surface area (Å²) in [5.41, 5.74) is 0. The Bertz CT molecular complexity index is 1030. The maximum absolute atomic E-state index is 12.8. The Labute approximate surface area is 373 Å². The SMILES string of the molecule is CCCCCCCCCCCCCCCCCCCCCCCC/C=C/CC/C=C/C(O)C(COP(=O)(O)OCC[N+](C)(C)C)NC(=O)CCCCCCCCCCCC. The van der Waals surface area contributed by atoms with E-state index in [1.54, 1.807) is 6.08 Å². The summed E-state index contributed by atoms with van der Waals surface area (Å²) in [5.74, 6) is -0.187. The van der Waals surface area contributed by atoms with Crippen LogP contribution < -0.4 is 5.32 Å². The lowest BCUT2D eigenvalue weighted by Crippen LogP contribution is -2.45. The molecule has 0 aromatic heterocycles. The van der Waals surface area contributed by atoms with Gasteiger partial charge in [-0.25, -0.2) is 4.57 Å². The van der Waals surface area contributed by atoms with Crippen LogP contribution >= 0.6 is 7.82 Å². The molecule has 0 aromatic rings. The topological polar surface area (TPSA) is 105 Å². The van der Waals surface area contributed by atoms with Crippen LogP contribution in [0.4, 0.5) is 0 Å². The highest BCUT2D eigenvalue weighted by molar-refractivity contribution is 7.47. The van der Waals surface area contributed by atoms with Crippen LogP contribution in [0.25, 0.3) is 0 Å². The van der Waals surface area contributed by atoms with Crippen molar-refractivity contribution in [3.05, 3.63) is 24.3 Å². The van der Waals surface area contributed by atoms with Crippen molar-refractivity contribution in [1.82, 2.24) is 5.32 Å². The standard InChI is InChI=1S/C51H101N2O6P/c1-6-8-10-12-14-16-18-19-20-21-22-23-24-25-26-27-28-29-30-31-32-33-34-35-36-38-40-42-44-50(54)49(48-59-60(56,57)58-47-46-53(3,4)5)52-51(55)45-43-41-39-37-17-15-13-11-9-7-2/h35-36,42,44,49-50,54H,6-34,37-41,43,45-48H2,1-5H3,(H-,52,55,56,57)/p+1/b36-35+,44-42+. The van der Waals surface area contributed by atoms with Crippen LogP contribution in [0.3, 0.4) is 0 Å². The number of unbranched alkanes of at least 4 members (excludes halogenated alkanes) is 32. The average Bonchev–Trinajstić information content (AvgIpc) is 3.20. The van der Waals surface area contributed by atoms with Gasteiger partial charge in [-0.05, 0) is 32.1 Å². The third kappa shape index (κ3) is 45.0. The van der Waals surface area contributed by atoms with E-state index in [0.717, 1.165) is 38.5 Å². The molecule has 3 N–H and O–H groups in total. The number of aliphatic hydroxyl groups is 1. The molecule has 3 atom stereocenters. The summed E-state index contributed by atoms with van der Waals surface area (Å²) in [7, 11) is 1.56. The molecule has 0 bridgehead atoms. The number of hydrogen-bond acceptors (Lipinski definition) is 5. The van der Waals surface area contributed by atoms with Crippen LogP contribution in [0.2, 0.25) is 0 Å². The van der Waals surface area contributed by atoms with Gasteiger partial charge in [-0.3, -0.25) is 13.8 Å². The molecule has 60 heavy (non-hydrogen) atoms. The minimum Gasteiger partial charge on any atom is -0.387 e. The van der Waals surface area contributed by atoms with Gasteiger partial charge < -0.3 is 19.8 Å². The van der Waals surface area contributed by atoms with Crippen LogP contribution in [0.15, 0.2) is 24.3 Å². The number of rotatable bonds is 47. The lowest BCUT2D eigenvalue weighted by molar-refractivity contribution is -0.870. The van der Waals surface area contributed by atoms with Gasteiger partial charge >= 0.3 is 7.82 Å². The number of allylic oxidation sites excluding steroid dienone is 3. The van der Waals surface area contributed by atoms with Crippen molar-refractivity contribution in [2.24, 2.45) is 0 Å². The molecule has 0 heterocycles. The van der Waals surface area contributed by atoms with Gasteiger partial charge in [0.2, 0.25) is 5.91 Å². The Morgan fingerprint density at radius 2 is 0.917 bits per heavy atom. The number of carbonyl (C=O) groups excluding carboxylic acids is 1. The molecule has 0 fully saturated rings. The number of amides is 1. The molecule has 3 unspecified atom stereocenters. The second kappa shape index (κ2) is 43.2. The van der Waals surface area contributed by atoms with Gasteiger partial charge in [0, 0.05) is 6.42 Å². The molecule has 356 valence electrons. The summed E-state index contributed by atoms with van der Waals surface area (Å²) < 4.78 is 23.6. The third-order valence-electron chi connectivity index (χ3n) is 11.7. The average molecular weight is 870 g/mol. The van der Waals surface area contributed by atoms with Gasteiger partial charge in [0.25, 0.3) is 0 Å². The Kier molecular flexibility index (Phi) is 42.5. The fourth-order valence-corrected chi connectivity index (χ4v) is 8.32. The van der Waals surface area contributed by atoms with Crippen molar-refractivity contribution >= 4 is 13.7 Å². The van der Waals surface area contributed by atoms with Gasteiger partial charge in [-0.2, -0.15) is 0 Å². The van der Waals surface area contributed by atoms with E-state index in [-0.39, 0.29) is 19.1 Å². The van der Waals surface area contributed by atoms with Gasteiger partial charge in [-0.15, -0.1) is 0 Å². The molecule has 0 radical (unpaired) electrons. The molecular weight excluding hydrogens is 768 g/mol. The molecule has 0 spiro atoms. The van der Waals surface area contributed by atoms with E-state index >= 15 is 0 Å².